The summed E-state index contributed by atoms with van der Waals surface area (Å²) in [6.07, 6.45) is 6.99. The van der Waals surface area contributed by atoms with Gasteiger partial charge in [-0.1, -0.05) is 42.8 Å². The molecule has 1 N–H and O–H groups in total. The van der Waals surface area contributed by atoms with Crippen LogP contribution in [0.5, 0.6) is 0 Å². The number of nitrogens with one attached hydrogen (secondary N) is 1. The van der Waals surface area contributed by atoms with Gasteiger partial charge in [-0.2, -0.15) is 0 Å². The molecule has 1 heterocycles. The Morgan fingerprint density at radius 3 is 3.05 bits per heavy atom. The Morgan fingerprint density at radius 2 is 2.20 bits per heavy atom. The predicted molar refractivity (Wildman–Crippen MR) is 85.0 cm³/mol. The van der Waals surface area contributed by atoms with Gasteiger partial charge in [-0.3, -0.25) is 0 Å². The Kier molecular flexibility index (Phi) is 6.28. The van der Waals surface area contributed by atoms with Crippen molar-refractivity contribution in [1.29, 1.82) is 0 Å². The highest BCUT2D eigenvalue weighted by Gasteiger charge is 2.20. The fraction of sp³-hybridized carbons (Fsp3) is 0.556. The lowest BCUT2D eigenvalue weighted by Gasteiger charge is -2.26. The summed E-state index contributed by atoms with van der Waals surface area (Å²) in [4.78, 5) is 0. The van der Waals surface area contributed by atoms with E-state index in [1.54, 1.807) is 0 Å². The number of benzene rings is 1. The van der Waals surface area contributed by atoms with Gasteiger partial charge in [0, 0.05) is 0 Å². The summed E-state index contributed by atoms with van der Waals surface area (Å²) in [5, 5.41) is 3.43. The van der Waals surface area contributed by atoms with Gasteiger partial charge in [-0.25, -0.2) is 0 Å². The second-order valence-electron chi connectivity index (χ2n) is 5.60. The zero-order chi connectivity index (χ0) is 14.2. The van der Waals surface area contributed by atoms with Crippen LogP contribution in [0.4, 0.5) is 0 Å². The second-order valence-corrected chi connectivity index (χ2v) is 5.60. The zero-order valence-corrected chi connectivity index (χ0v) is 12.8. The summed E-state index contributed by atoms with van der Waals surface area (Å²) >= 11 is 0. The SMILES string of the molecule is CCCNCCC=C(C)CC1OCCc2ccccc21. The van der Waals surface area contributed by atoms with E-state index in [4.69, 9.17) is 4.74 Å². The minimum atomic E-state index is 0.250. The van der Waals surface area contributed by atoms with E-state index in [0.717, 1.165) is 39.0 Å². The number of fused-ring (bicyclic) bond motifs is 1. The molecule has 0 bridgehead atoms. The maximum absolute atomic E-state index is 5.96. The number of hydrogen-bond donors (Lipinski definition) is 1. The van der Waals surface area contributed by atoms with Gasteiger partial charge in [0.2, 0.25) is 0 Å². The molecule has 0 fully saturated rings. The van der Waals surface area contributed by atoms with E-state index in [-0.39, 0.29) is 6.10 Å². The van der Waals surface area contributed by atoms with E-state index >= 15 is 0 Å². The molecule has 0 saturated carbocycles. The molecule has 0 amide bonds. The average Bonchev–Trinajstić information content (AvgIpc) is 2.47. The van der Waals surface area contributed by atoms with Crippen molar-refractivity contribution >= 4 is 0 Å². The maximum Gasteiger partial charge on any atom is 0.0864 e. The van der Waals surface area contributed by atoms with E-state index in [2.05, 4.69) is 49.5 Å². The fourth-order valence-corrected chi connectivity index (χ4v) is 2.74. The lowest BCUT2D eigenvalue weighted by molar-refractivity contribution is 0.0427. The topological polar surface area (TPSA) is 21.3 Å². The average molecular weight is 273 g/mol. The minimum Gasteiger partial charge on any atom is -0.373 e. The molecule has 1 aliphatic heterocycles. The van der Waals surface area contributed by atoms with Gasteiger partial charge in [0.25, 0.3) is 0 Å². The van der Waals surface area contributed by atoms with Crippen LogP contribution in [0.3, 0.4) is 0 Å². The molecule has 2 rings (SSSR count). The summed E-state index contributed by atoms with van der Waals surface area (Å²) in [6, 6.07) is 8.70. The Hall–Kier alpha value is -1.12. The van der Waals surface area contributed by atoms with Gasteiger partial charge in [-0.15, -0.1) is 0 Å². The van der Waals surface area contributed by atoms with E-state index in [1.807, 2.05) is 0 Å². The quantitative estimate of drug-likeness (QED) is 0.598. The molecule has 0 spiro atoms. The third kappa shape index (κ3) is 4.46. The highest BCUT2D eigenvalue weighted by molar-refractivity contribution is 5.31. The van der Waals surface area contributed by atoms with Crippen molar-refractivity contribution in [3.05, 3.63) is 47.0 Å². The molecular formula is C18H27NO. The lowest BCUT2D eigenvalue weighted by Crippen LogP contribution is -2.17. The van der Waals surface area contributed by atoms with Gasteiger partial charge < -0.3 is 10.1 Å². The largest absolute Gasteiger partial charge is 0.373 e. The minimum absolute atomic E-state index is 0.250. The van der Waals surface area contributed by atoms with Crippen molar-refractivity contribution in [2.24, 2.45) is 0 Å². The molecule has 1 unspecified atom stereocenters. The molecule has 110 valence electrons. The highest BCUT2D eigenvalue weighted by Crippen LogP contribution is 2.31. The van der Waals surface area contributed by atoms with Crippen molar-refractivity contribution in [2.45, 2.75) is 45.6 Å². The third-order valence-corrected chi connectivity index (χ3v) is 3.84. The smallest absolute Gasteiger partial charge is 0.0864 e. The normalized spacial score (nSPS) is 18.9. The van der Waals surface area contributed by atoms with Crippen molar-refractivity contribution < 1.29 is 4.74 Å². The summed E-state index contributed by atoms with van der Waals surface area (Å²) in [5.41, 5.74) is 4.28. The molecule has 0 radical (unpaired) electrons. The van der Waals surface area contributed by atoms with Crippen molar-refractivity contribution in [3.63, 3.8) is 0 Å². The Morgan fingerprint density at radius 1 is 1.35 bits per heavy atom. The van der Waals surface area contributed by atoms with Crippen LogP contribution in [-0.2, 0) is 11.2 Å². The summed E-state index contributed by atoms with van der Waals surface area (Å²) in [7, 11) is 0. The monoisotopic (exact) mass is 273 g/mol. The van der Waals surface area contributed by atoms with Gasteiger partial charge in [0.15, 0.2) is 0 Å². The van der Waals surface area contributed by atoms with Crippen LogP contribution in [-0.4, -0.2) is 19.7 Å². The molecule has 1 aliphatic rings. The highest BCUT2D eigenvalue weighted by atomic mass is 16.5. The van der Waals surface area contributed by atoms with Crippen LogP contribution in [0.2, 0.25) is 0 Å². The first kappa shape index (κ1) is 15.3. The first-order chi connectivity index (χ1) is 9.81. The van der Waals surface area contributed by atoms with E-state index in [1.165, 1.54) is 23.1 Å². The molecule has 0 saturated heterocycles. The Bertz CT molecular complexity index is 439. The molecular weight excluding hydrogens is 246 g/mol. The van der Waals surface area contributed by atoms with Crippen LogP contribution in [0, 0.1) is 0 Å². The molecule has 0 aliphatic carbocycles. The molecule has 2 heteroatoms. The summed E-state index contributed by atoms with van der Waals surface area (Å²) in [5.74, 6) is 0. The van der Waals surface area contributed by atoms with Gasteiger partial charge in [-0.05, 0) is 56.8 Å². The number of ether oxygens (including phenoxy) is 1. The number of hydrogen-bond acceptors (Lipinski definition) is 2. The van der Waals surface area contributed by atoms with Crippen molar-refractivity contribution in [2.75, 3.05) is 19.7 Å². The Labute approximate surface area is 123 Å². The van der Waals surface area contributed by atoms with Gasteiger partial charge >= 0.3 is 0 Å². The van der Waals surface area contributed by atoms with E-state index < -0.39 is 0 Å². The maximum atomic E-state index is 5.96. The van der Waals surface area contributed by atoms with Crippen molar-refractivity contribution in [1.82, 2.24) is 5.32 Å². The third-order valence-electron chi connectivity index (χ3n) is 3.84. The van der Waals surface area contributed by atoms with Crippen LogP contribution in [0.15, 0.2) is 35.9 Å². The van der Waals surface area contributed by atoms with Crippen molar-refractivity contribution in [3.8, 4) is 0 Å². The van der Waals surface area contributed by atoms with E-state index in [9.17, 15) is 0 Å². The second kappa shape index (κ2) is 8.23. The number of rotatable bonds is 7. The van der Waals surface area contributed by atoms with E-state index in [0.29, 0.717) is 0 Å². The molecule has 2 nitrogen and oxygen atoms in total. The predicted octanol–water partition coefficient (Wildman–Crippen LogP) is 4.03. The first-order valence-electron chi connectivity index (χ1n) is 7.87. The molecule has 20 heavy (non-hydrogen) atoms. The summed E-state index contributed by atoms with van der Waals surface area (Å²) < 4.78 is 5.96. The van der Waals surface area contributed by atoms with Crippen LogP contribution >= 0.6 is 0 Å². The lowest BCUT2D eigenvalue weighted by atomic mass is 9.93. The fourth-order valence-electron chi connectivity index (χ4n) is 2.74. The van der Waals surface area contributed by atoms with Crippen LogP contribution in [0.25, 0.3) is 0 Å². The molecule has 1 aromatic carbocycles. The standard InChI is InChI=1S/C18H27NO/c1-3-11-19-12-6-7-15(2)14-18-17-9-5-4-8-16(17)10-13-20-18/h4-5,7-9,18-19H,3,6,10-14H2,1-2H3. The molecule has 1 atom stereocenters. The Balaban J connectivity index is 1.86. The zero-order valence-electron chi connectivity index (χ0n) is 12.8. The molecule has 1 aromatic rings. The van der Waals surface area contributed by atoms with Crippen LogP contribution < -0.4 is 5.32 Å². The first-order valence-corrected chi connectivity index (χ1v) is 7.87. The molecule has 0 aromatic heterocycles. The van der Waals surface area contributed by atoms with Gasteiger partial charge in [0.05, 0.1) is 12.7 Å². The van der Waals surface area contributed by atoms with Crippen LogP contribution in [0.1, 0.15) is 50.3 Å². The summed E-state index contributed by atoms with van der Waals surface area (Å²) in [6.45, 7) is 7.47. The van der Waals surface area contributed by atoms with Gasteiger partial charge in [0.1, 0.15) is 0 Å².